The monoisotopic (exact) mass is 411 g/mol. The Labute approximate surface area is 173 Å². The predicted molar refractivity (Wildman–Crippen MR) is 108 cm³/mol. The Kier molecular flexibility index (Phi) is 5.24. The highest BCUT2D eigenvalue weighted by Gasteiger charge is 2.25. The van der Waals surface area contributed by atoms with Crippen molar-refractivity contribution in [3.8, 4) is 5.75 Å². The van der Waals surface area contributed by atoms with E-state index in [9.17, 15) is 4.39 Å². The first-order chi connectivity index (χ1) is 14.3. The largest absolute Gasteiger partial charge is 0.460 e. The molecule has 5 rings (SSSR count). The minimum absolute atomic E-state index is 0.273. The zero-order chi connectivity index (χ0) is 19.6. The third-order valence-electron chi connectivity index (χ3n) is 5.33. The van der Waals surface area contributed by atoms with Crippen molar-refractivity contribution in [3.05, 3.63) is 70.8 Å². The summed E-state index contributed by atoms with van der Waals surface area (Å²) in [6.07, 6.45) is 4.02. The molecular weight excluding hydrogens is 389 g/mol. The van der Waals surface area contributed by atoms with E-state index in [1.807, 2.05) is 30.3 Å². The summed E-state index contributed by atoms with van der Waals surface area (Å²) in [5.74, 6) is 2.07. The lowest BCUT2D eigenvalue weighted by atomic mass is 10.1. The molecule has 0 spiro atoms. The van der Waals surface area contributed by atoms with Gasteiger partial charge in [-0.25, -0.2) is 4.39 Å². The quantitative estimate of drug-likeness (QED) is 0.563. The number of benzene rings is 2. The molecular formula is C22H22FN3O2S. The van der Waals surface area contributed by atoms with Gasteiger partial charge in [0.25, 0.3) is 0 Å². The van der Waals surface area contributed by atoms with E-state index in [0.717, 1.165) is 59.2 Å². The highest BCUT2D eigenvalue weighted by molar-refractivity contribution is 7.98. The molecule has 0 radical (unpaired) electrons. The molecule has 1 atom stereocenters. The van der Waals surface area contributed by atoms with E-state index in [1.54, 1.807) is 17.8 Å². The van der Waals surface area contributed by atoms with Gasteiger partial charge in [0, 0.05) is 35.4 Å². The minimum atomic E-state index is -0.484. The molecule has 1 aromatic heterocycles. The molecule has 0 bridgehead atoms. The summed E-state index contributed by atoms with van der Waals surface area (Å²) in [7, 11) is 0. The number of aryl methyl sites for hydroxylation is 1. The second kappa shape index (κ2) is 8.16. The molecule has 7 heteroatoms. The Morgan fingerprint density at radius 2 is 2.00 bits per heavy atom. The smallest absolute Gasteiger partial charge is 0.227 e. The molecule has 0 aliphatic carbocycles. The molecule has 0 saturated carbocycles. The molecule has 5 nitrogen and oxygen atoms in total. The maximum Gasteiger partial charge on any atom is 0.227 e. The minimum Gasteiger partial charge on any atom is -0.460 e. The van der Waals surface area contributed by atoms with Gasteiger partial charge in [0.05, 0.1) is 6.61 Å². The molecule has 0 saturated heterocycles. The third kappa shape index (κ3) is 3.89. The van der Waals surface area contributed by atoms with Gasteiger partial charge in [0.1, 0.15) is 17.4 Å². The summed E-state index contributed by atoms with van der Waals surface area (Å²) < 4.78 is 28.4. The van der Waals surface area contributed by atoms with Crippen LogP contribution in [0.4, 0.5) is 4.39 Å². The zero-order valence-corrected chi connectivity index (χ0v) is 16.8. The number of hydrogen-bond donors (Lipinski definition) is 0. The number of ether oxygens (including phenoxy) is 2. The molecule has 2 aliphatic heterocycles. The van der Waals surface area contributed by atoms with Crippen molar-refractivity contribution in [1.29, 1.82) is 0 Å². The van der Waals surface area contributed by atoms with Crippen LogP contribution >= 0.6 is 11.8 Å². The number of fused-ring (bicyclic) bond motifs is 2. The standard InChI is InChI=1S/C22H22FN3O2S/c23-18-11-16-13-27-21(15-7-3-1-4-8-15)28-20(16)17(12-18)14-29-22-25-24-19-9-5-2-6-10-26(19)22/h1,3-4,7-8,11-12,21H,2,5-6,9-10,13-14H2/t21-/m1/s1. The number of hydrogen-bond acceptors (Lipinski definition) is 5. The van der Waals surface area contributed by atoms with Crippen LogP contribution in [0.15, 0.2) is 47.6 Å². The second-order valence-corrected chi connectivity index (χ2v) is 8.32. The highest BCUT2D eigenvalue weighted by atomic mass is 32.2. The van der Waals surface area contributed by atoms with Crippen LogP contribution in [0.5, 0.6) is 5.75 Å². The van der Waals surface area contributed by atoms with Crippen LogP contribution in [-0.4, -0.2) is 14.8 Å². The lowest BCUT2D eigenvalue weighted by Gasteiger charge is -2.28. The Balaban J connectivity index is 1.39. The first kappa shape index (κ1) is 18.6. The van der Waals surface area contributed by atoms with Crippen LogP contribution in [0.3, 0.4) is 0 Å². The van der Waals surface area contributed by atoms with Crippen molar-refractivity contribution in [3.63, 3.8) is 0 Å². The molecule has 2 aliphatic rings. The SMILES string of the molecule is Fc1cc2c(c(CSc3nnc4n3CCCCC4)c1)O[C@H](c1ccccc1)OC2. The van der Waals surface area contributed by atoms with E-state index in [2.05, 4.69) is 14.8 Å². The van der Waals surface area contributed by atoms with Gasteiger partial charge in [-0.3, -0.25) is 0 Å². The normalized spacial score (nSPS) is 18.4. The van der Waals surface area contributed by atoms with Crippen molar-refractivity contribution < 1.29 is 13.9 Å². The number of halogens is 1. The first-order valence-electron chi connectivity index (χ1n) is 9.97. The lowest BCUT2D eigenvalue weighted by Crippen LogP contribution is -2.19. The van der Waals surface area contributed by atoms with Gasteiger partial charge < -0.3 is 14.0 Å². The fourth-order valence-corrected chi connectivity index (χ4v) is 4.82. The van der Waals surface area contributed by atoms with Crippen LogP contribution in [-0.2, 0) is 30.1 Å². The summed E-state index contributed by atoms with van der Waals surface area (Å²) >= 11 is 1.58. The first-order valence-corrected chi connectivity index (χ1v) is 11.0. The van der Waals surface area contributed by atoms with Gasteiger partial charge >= 0.3 is 0 Å². The lowest BCUT2D eigenvalue weighted by molar-refractivity contribution is -0.112. The van der Waals surface area contributed by atoms with Gasteiger partial charge in [-0.1, -0.05) is 48.5 Å². The molecule has 0 N–H and O–H groups in total. The van der Waals surface area contributed by atoms with Crippen LogP contribution in [0.25, 0.3) is 0 Å². The topological polar surface area (TPSA) is 49.2 Å². The van der Waals surface area contributed by atoms with Crippen molar-refractivity contribution in [1.82, 2.24) is 14.8 Å². The zero-order valence-electron chi connectivity index (χ0n) is 16.0. The maximum absolute atomic E-state index is 14.2. The van der Waals surface area contributed by atoms with E-state index < -0.39 is 6.29 Å². The molecule has 150 valence electrons. The second-order valence-electron chi connectivity index (χ2n) is 7.37. The molecule has 2 aromatic carbocycles. The molecule has 3 aromatic rings. The predicted octanol–water partition coefficient (Wildman–Crippen LogP) is 5.04. The summed E-state index contributed by atoms with van der Waals surface area (Å²) in [4.78, 5) is 0. The Morgan fingerprint density at radius 1 is 1.10 bits per heavy atom. The van der Waals surface area contributed by atoms with Crippen molar-refractivity contribution >= 4 is 11.8 Å². The number of aromatic nitrogens is 3. The molecule has 0 unspecified atom stereocenters. The van der Waals surface area contributed by atoms with Crippen molar-refractivity contribution in [2.24, 2.45) is 0 Å². The van der Waals surface area contributed by atoms with Gasteiger partial charge in [0.15, 0.2) is 5.16 Å². The van der Waals surface area contributed by atoms with Crippen LogP contribution in [0, 0.1) is 5.82 Å². The third-order valence-corrected chi connectivity index (χ3v) is 6.34. The molecule has 3 heterocycles. The van der Waals surface area contributed by atoms with E-state index >= 15 is 0 Å². The average Bonchev–Trinajstić information content (AvgIpc) is 2.98. The van der Waals surface area contributed by atoms with E-state index in [4.69, 9.17) is 9.47 Å². The number of nitrogens with zero attached hydrogens (tertiary/aromatic N) is 3. The van der Waals surface area contributed by atoms with Gasteiger partial charge in [-0.2, -0.15) is 0 Å². The van der Waals surface area contributed by atoms with Crippen LogP contribution in [0.2, 0.25) is 0 Å². The molecule has 0 fully saturated rings. The van der Waals surface area contributed by atoms with Crippen LogP contribution in [0.1, 0.15) is 48.1 Å². The molecule has 29 heavy (non-hydrogen) atoms. The Hall–Kier alpha value is -2.38. The molecule has 0 amide bonds. The fraction of sp³-hybridized carbons (Fsp3) is 0.364. The summed E-state index contributed by atoms with van der Waals surface area (Å²) in [5.41, 5.74) is 2.51. The van der Waals surface area contributed by atoms with E-state index in [-0.39, 0.29) is 5.82 Å². The fourth-order valence-electron chi connectivity index (χ4n) is 3.87. The Morgan fingerprint density at radius 3 is 2.90 bits per heavy atom. The van der Waals surface area contributed by atoms with E-state index in [0.29, 0.717) is 12.4 Å². The van der Waals surface area contributed by atoms with Gasteiger partial charge in [-0.15, -0.1) is 10.2 Å². The van der Waals surface area contributed by atoms with Crippen molar-refractivity contribution in [2.75, 3.05) is 0 Å². The summed E-state index contributed by atoms with van der Waals surface area (Å²) in [6.45, 7) is 1.27. The van der Waals surface area contributed by atoms with Gasteiger partial charge in [-0.05, 0) is 25.0 Å². The van der Waals surface area contributed by atoms with Crippen molar-refractivity contribution in [2.45, 2.75) is 56.0 Å². The number of thioether (sulfide) groups is 1. The van der Waals surface area contributed by atoms with Crippen LogP contribution < -0.4 is 4.74 Å². The highest BCUT2D eigenvalue weighted by Crippen LogP contribution is 2.39. The summed E-state index contributed by atoms with van der Waals surface area (Å²) in [6, 6.07) is 12.9. The van der Waals surface area contributed by atoms with Gasteiger partial charge in [0.2, 0.25) is 6.29 Å². The maximum atomic E-state index is 14.2. The van der Waals surface area contributed by atoms with E-state index in [1.165, 1.54) is 12.5 Å². The summed E-state index contributed by atoms with van der Waals surface area (Å²) in [5, 5.41) is 9.62. The average molecular weight is 412 g/mol. The Bertz CT molecular complexity index is 1010. The number of rotatable bonds is 4.